The van der Waals surface area contributed by atoms with Crippen molar-refractivity contribution in [2.45, 2.75) is 76.5 Å². The van der Waals surface area contributed by atoms with Gasteiger partial charge in [0.15, 0.2) is 6.29 Å². The van der Waals surface area contributed by atoms with Crippen LogP contribution >= 0.6 is 11.8 Å². The smallest absolute Gasteiger partial charge is 0.224 e. The maximum atomic E-state index is 12.6. The molecule has 1 aliphatic heterocycles. The van der Waals surface area contributed by atoms with Crippen LogP contribution in [0, 0.1) is 5.92 Å². The number of unbranched alkanes of at least 4 members (excludes halogenated alkanes) is 2. The quantitative estimate of drug-likeness (QED) is 0.120. The molecule has 1 heterocycles. The third kappa shape index (κ3) is 10.7. The van der Waals surface area contributed by atoms with Gasteiger partial charge in [-0.2, -0.15) is 0 Å². The van der Waals surface area contributed by atoms with Crippen LogP contribution < -0.4 is 16.0 Å². The van der Waals surface area contributed by atoms with Crippen LogP contribution in [0.2, 0.25) is 0 Å². The van der Waals surface area contributed by atoms with Crippen molar-refractivity contribution >= 4 is 40.9 Å². The molecule has 0 bridgehead atoms. The van der Waals surface area contributed by atoms with E-state index in [1.807, 2.05) is 72.8 Å². The number of anilines is 2. The fourth-order valence-electron chi connectivity index (χ4n) is 5.16. The maximum absolute atomic E-state index is 12.6. The topological polar surface area (TPSA) is 126 Å². The molecule has 3 amide bonds. The lowest BCUT2D eigenvalue weighted by atomic mass is 9.91. The summed E-state index contributed by atoms with van der Waals surface area (Å²) in [4.78, 5) is 36.1. The highest BCUT2D eigenvalue weighted by Gasteiger charge is 2.38. The lowest BCUT2D eigenvalue weighted by Crippen LogP contribution is -2.38. The molecular weight excluding hydrogens is 590 g/mol. The Hall–Kier alpha value is -3.70. The second kappa shape index (κ2) is 17.1. The monoisotopic (exact) mass is 633 g/mol. The van der Waals surface area contributed by atoms with Crippen molar-refractivity contribution in [3.8, 4) is 0 Å². The van der Waals surface area contributed by atoms with Crippen LogP contribution in [0.3, 0.4) is 0 Å². The van der Waals surface area contributed by atoms with E-state index in [-0.39, 0.29) is 42.5 Å². The predicted molar refractivity (Wildman–Crippen MR) is 177 cm³/mol. The molecule has 0 radical (unpaired) electrons. The van der Waals surface area contributed by atoms with Gasteiger partial charge < -0.3 is 30.5 Å². The molecule has 0 spiro atoms. The number of hydrogen-bond acceptors (Lipinski definition) is 7. The first kappa shape index (κ1) is 34.2. The molecule has 4 N–H and O–H groups in total. The van der Waals surface area contributed by atoms with Crippen LogP contribution in [-0.2, 0) is 30.5 Å². The number of aliphatic hydroxyl groups is 1. The molecule has 3 aromatic rings. The summed E-state index contributed by atoms with van der Waals surface area (Å²) in [7, 11) is 0. The Morgan fingerprint density at radius 3 is 2.27 bits per heavy atom. The number of benzene rings is 3. The van der Waals surface area contributed by atoms with E-state index in [4.69, 9.17) is 9.47 Å². The van der Waals surface area contributed by atoms with E-state index in [1.165, 1.54) is 13.8 Å². The van der Waals surface area contributed by atoms with Gasteiger partial charge in [0.05, 0.1) is 18.8 Å². The number of ether oxygens (including phenoxy) is 2. The van der Waals surface area contributed by atoms with E-state index in [0.29, 0.717) is 24.4 Å². The summed E-state index contributed by atoms with van der Waals surface area (Å²) in [6, 6.07) is 23.1. The van der Waals surface area contributed by atoms with Crippen LogP contribution in [0.5, 0.6) is 0 Å². The summed E-state index contributed by atoms with van der Waals surface area (Å²) in [5.41, 5.74) is 4.08. The van der Waals surface area contributed by atoms with Gasteiger partial charge in [0, 0.05) is 60.3 Å². The number of aliphatic hydroxyl groups excluding tert-OH is 1. The molecular formula is C35H43N3O6S. The van der Waals surface area contributed by atoms with Gasteiger partial charge in [0.1, 0.15) is 0 Å². The minimum absolute atomic E-state index is 0.0251. The second-order valence-electron chi connectivity index (χ2n) is 11.3. The molecule has 240 valence electrons. The van der Waals surface area contributed by atoms with Gasteiger partial charge in [0.25, 0.3) is 0 Å². The molecule has 45 heavy (non-hydrogen) atoms. The van der Waals surface area contributed by atoms with E-state index >= 15 is 0 Å². The highest BCUT2D eigenvalue weighted by atomic mass is 32.2. The zero-order valence-electron chi connectivity index (χ0n) is 26.1. The number of thioether (sulfide) groups is 1. The van der Waals surface area contributed by atoms with Crippen LogP contribution in [0.4, 0.5) is 11.4 Å². The second-order valence-corrected chi connectivity index (χ2v) is 12.4. The van der Waals surface area contributed by atoms with E-state index < -0.39 is 6.29 Å². The fraction of sp³-hybridized carbons (Fsp3) is 0.400. The highest BCUT2D eigenvalue weighted by molar-refractivity contribution is 7.99. The fourth-order valence-corrected chi connectivity index (χ4v) is 6.23. The van der Waals surface area contributed by atoms with Gasteiger partial charge in [-0.05, 0) is 60.4 Å². The SMILES string of the molecule is CC(=O)NCCCCCC(=O)Nc1cccc(C2OC(CSc3ccc(NC(C)=O)cc3)C(C)C(c3ccc(CO)cc3)O2)c1. The molecule has 1 saturated heterocycles. The molecule has 0 aromatic heterocycles. The molecule has 1 aliphatic rings. The summed E-state index contributed by atoms with van der Waals surface area (Å²) >= 11 is 1.68. The largest absolute Gasteiger partial charge is 0.392 e. The average Bonchev–Trinajstić information content (AvgIpc) is 3.02. The Balaban J connectivity index is 1.44. The third-order valence-corrected chi connectivity index (χ3v) is 8.71. The first-order valence-electron chi connectivity index (χ1n) is 15.4. The Bertz CT molecular complexity index is 1420. The van der Waals surface area contributed by atoms with Crippen LogP contribution in [0.1, 0.15) is 75.5 Å². The third-order valence-electron chi connectivity index (χ3n) is 7.61. The number of amides is 3. The van der Waals surface area contributed by atoms with E-state index in [0.717, 1.165) is 46.5 Å². The zero-order valence-corrected chi connectivity index (χ0v) is 26.9. The van der Waals surface area contributed by atoms with Crippen LogP contribution in [-0.4, -0.2) is 41.2 Å². The Morgan fingerprint density at radius 1 is 0.822 bits per heavy atom. The zero-order chi connectivity index (χ0) is 32.2. The number of hydrogen-bond donors (Lipinski definition) is 4. The van der Waals surface area contributed by atoms with Crippen molar-refractivity contribution in [2.24, 2.45) is 5.92 Å². The van der Waals surface area contributed by atoms with Gasteiger partial charge in [-0.1, -0.05) is 49.7 Å². The van der Waals surface area contributed by atoms with Crippen molar-refractivity contribution < 1.29 is 29.0 Å². The summed E-state index contributed by atoms with van der Waals surface area (Å²) in [6.45, 7) is 5.70. The number of rotatable bonds is 14. The Labute approximate surface area is 269 Å². The molecule has 1 fully saturated rings. The molecule has 9 nitrogen and oxygen atoms in total. The van der Waals surface area contributed by atoms with Crippen LogP contribution in [0.25, 0.3) is 0 Å². The number of carbonyl (C=O) groups is 3. The predicted octanol–water partition coefficient (Wildman–Crippen LogP) is 6.36. The summed E-state index contributed by atoms with van der Waals surface area (Å²) in [5, 5.41) is 18.1. The average molecular weight is 634 g/mol. The Kier molecular flexibility index (Phi) is 13.0. The first-order valence-corrected chi connectivity index (χ1v) is 16.4. The molecule has 4 unspecified atom stereocenters. The standard InChI is InChI=1S/C35H43N3O6S/c1-23-32(22-45-31-17-15-29(16-18-31)37-25(3)41)43-35(44-34(23)27-13-11-26(21-39)12-14-27)28-8-7-9-30(20-28)38-33(42)10-5-4-6-19-36-24(2)40/h7-9,11-18,20,23,32,34-35,39H,4-6,10,19,21-22H2,1-3H3,(H,36,40)(H,37,41)(H,38,42). The highest BCUT2D eigenvalue weighted by Crippen LogP contribution is 2.43. The van der Waals surface area contributed by atoms with Crippen molar-refractivity contribution in [1.29, 1.82) is 0 Å². The van der Waals surface area contributed by atoms with Crippen molar-refractivity contribution in [3.63, 3.8) is 0 Å². The minimum atomic E-state index is -0.651. The molecule has 4 rings (SSSR count). The minimum Gasteiger partial charge on any atom is -0.392 e. The molecule has 3 aromatic carbocycles. The normalized spacial score (nSPS) is 19.5. The van der Waals surface area contributed by atoms with Crippen molar-refractivity contribution in [2.75, 3.05) is 22.9 Å². The summed E-state index contributed by atoms with van der Waals surface area (Å²) < 4.78 is 13.2. The molecule has 0 aliphatic carbocycles. The Morgan fingerprint density at radius 2 is 1.58 bits per heavy atom. The van der Waals surface area contributed by atoms with Gasteiger partial charge in [-0.25, -0.2) is 0 Å². The first-order chi connectivity index (χ1) is 21.7. The van der Waals surface area contributed by atoms with Crippen molar-refractivity contribution in [3.05, 3.63) is 89.5 Å². The summed E-state index contributed by atoms with van der Waals surface area (Å²) in [6.07, 6.45) is 1.78. The van der Waals surface area contributed by atoms with Gasteiger partial charge >= 0.3 is 0 Å². The lowest BCUT2D eigenvalue weighted by Gasteiger charge is -2.41. The maximum Gasteiger partial charge on any atom is 0.224 e. The van der Waals surface area contributed by atoms with Gasteiger partial charge in [-0.15, -0.1) is 11.8 Å². The van der Waals surface area contributed by atoms with Crippen LogP contribution in [0.15, 0.2) is 77.7 Å². The number of nitrogens with one attached hydrogen (secondary N) is 3. The molecule has 4 atom stereocenters. The van der Waals surface area contributed by atoms with E-state index in [2.05, 4.69) is 22.9 Å². The lowest BCUT2D eigenvalue weighted by molar-refractivity contribution is -0.268. The van der Waals surface area contributed by atoms with E-state index in [1.54, 1.807) is 11.8 Å². The summed E-state index contributed by atoms with van der Waals surface area (Å²) in [5.74, 6) is 0.498. The van der Waals surface area contributed by atoms with Gasteiger partial charge in [0.2, 0.25) is 17.7 Å². The number of carbonyl (C=O) groups excluding carboxylic acids is 3. The van der Waals surface area contributed by atoms with Crippen molar-refractivity contribution in [1.82, 2.24) is 5.32 Å². The molecule has 0 saturated carbocycles. The van der Waals surface area contributed by atoms with Gasteiger partial charge in [-0.3, -0.25) is 14.4 Å². The van der Waals surface area contributed by atoms with E-state index in [9.17, 15) is 19.5 Å². The molecule has 10 heteroatoms.